The van der Waals surface area contributed by atoms with Gasteiger partial charge in [0.2, 0.25) is 0 Å². The first-order valence-electron chi connectivity index (χ1n) is 9.10. The lowest BCUT2D eigenvalue weighted by molar-refractivity contribution is -0.137. The fourth-order valence-corrected chi connectivity index (χ4v) is 3.08. The van der Waals surface area contributed by atoms with Gasteiger partial charge in [-0.3, -0.25) is 0 Å². The molecule has 3 aromatic rings. The highest BCUT2D eigenvalue weighted by Crippen LogP contribution is 2.30. The highest BCUT2D eigenvalue weighted by molar-refractivity contribution is 5.48. The number of ether oxygens (including phenoxy) is 1. The van der Waals surface area contributed by atoms with Crippen molar-refractivity contribution in [2.45, 2.75) is 33.2 Å². The first-order chi connectivity index (χ1) is 13.7. The van der Waals surface area contributed by atoms with Crippen molar-refractivity contribution < 1.29 is 22.3 Å². The number of rotatable bonds is 6. The number of halogens is 4. The quantitative estimate of drug-likeness (QED) is 0.465. The second-order valence-electron chi connectivity index (χ2n) is 6.97. The monoisotopic (exact) mass is 403 g/mol. The van der Waals surface area contributed by atoms with E-state index in [1.165, 1.54) is 0 Å². The summed E-state index contributed by atoms with van der Waals surface area (Å²) in [6.07, 6.45) is -4.56. The van der Waals surface area contributed by atoms with Crippen molar-refractivity contribution >= 4 is 5.69 Å². The minimum Gasteiger partial charge on any atom is -0.489 e. The van der Waals surface area contributed by atoms with Gasteiger partial charge in [0.25, 0.3) is 0 Å². The van der Waals surface area contributed by atoms with E-state index >= 15 is 0 Å². The molecule has 6 heteroatoms. The summed E-state index contributed by atoms with van der Waals surface area (Å²) in [6.45, 7) is 4.53. The Hall–Kier alpha value is -3.02. The van der Waals surface area contributed by atoms with Crippen LogP contribution in [-0.2, 0) is 19.3 Å². The summed E-state index contributed by atoms with van der Waals surface area (Å²) in [5.74, 6) is -0.253. The molecular formula is C23H21F4NO. The summed E-state index contributed by atoms with van der Waals surface area (Å²) in [5.41, 5.74) is 3.23. The molecule has 0 saturated carbocycles. The van der Waals surface area contributed by atoms with Crippen LogP contribution in [0.2, 0.25) is 0 Å². The minimum absolute atomic E-state index is 0.0600. The van der Waals surface area contributed by atoms with Crippen LogP contribution in [0.5, 0.6) is 5.75 Å². The Labute approximate surface area is 167 Å². The zero-order valence-electron chi connectivity index (χ0n) is 16.1. The van der Waals surface area contributed by atoms with E-state index in [1.54, 1.807) is 18.2 Å². The summed E-state index contributed by atoms with van der Waals surface area (Å²) >= 11 is 0. The molecule has 0 aliphatic carbocycles. The second-order valence-corrected chi connectivity index (χ2v) is 6.97. The van der Waals surface area contributed by atoms with E-state index in [0.717, 1.165) is 28.8 Å². The number of anilines is 1. The lowest BCUT2D eigenvalue weighted by atomic mass is 10.1. The molecule has 1 N–H and O–H groups in total. The maximum absolute atomic E-state index is 14.0. The fourth-order valence-electron chi connectivity index (χ4n) is 3.08. The van der Waals surface area contributed by atoms with E-state index in [9.17, 15) is 17.6 Å². The van der Waals surface area contributed by atoms with Crippen LogP contribution in [0.25, 0.3) is 0 Å². The van der Waals surface area contributed by atoms with Crippen LogP contribution < -0.4 is 10.1 Å². The Morgan fingerprint density at radius 3 is 2.28 bits per heavy atom. The Bertz CT molecular complexity index is 978. The molecule has 2 nitrogen and oxygen atoms in total. The van der Waals surface area contributed by atoms with Crippen molar-refractivity contribution in [1.82, 2.24) is 0 Å². The van der Waals surface area contributed by atoms with Gasteiger partial charge >= 0.3 is 6.18 Å². The third-order valence-corrected chi connectivity index (χ3v) is 4.38. The Balaban J connectivity index is 1.63. The normalized spacial score (nSPS) is 11.4. The molecule has 0 saturated heterocycles. The number of benzene rings is 3. The zero-order valence-corrected chi connectivity index (χ0v) is 16.1. The number of hydrogen-bond acceptors (Lipinski definition) is 2. The van der Waals surface area contributed by atoms with Crippen LogP contribution >= 0.6 is 0 Å². The van der Waals surface area contributed by atoms with Gasteiger partial charge in [0, 0.05) is 23.9 Å². The van der Waals surface area contributed by atoms with Crippen molar-refractivity contribution in [2.24, 2.45) is 0 Å². The molecule has 0 heterocycles. The van der Waals surface area contributed by atoms with Crippen molar-refractivity contribution in [1.29, 1.82) is 0 Å². The number of nitrogens with one attached hydrogen (secondary N) is 1. The van der Waals surface area contributed by atoms with Gasteiger partial charge in [0.15, 0.2) is 0 Å². The molecule has 0 aliphatic heterocycles. The molecule has 0 atom stereocenters. The van der Waals surface area contributed by atoms with Crippen molar-refractivity contribution in [2.75, 3.05) is 5.32 Å². The second kappa shape index (κ2) is 8.55. The number of aryl methyl sites for hydroxylation is 2. The third kappa shape index (κ3) is 5.73. The van der Waals surface area contributed by atoms with E-state index in [1.807, 2.05) is 19.9 Å². The molecule has 29 heavy (non-hydrogen) atoms. The van der Waals surface area contributed by atoms with E-state index in [0.29, 0.717) is 24.1 Å². The smallest absolute Gasteiger partial charge is 0.416 e. The maximum atomic E-state index is 14.0. The predicted molar refractivity (Wildman–Crippen MR) is 105 cm³/mol. The SMILES string of the molecule is Cc1cc(C)cc(COc2cccc(NCc3ccc(C(F)(F)F)cc3F)c2)c1. The Morgan fingerprint density at radius 2 is 1.62 bits per heavy atom. The minimum atomic E-state index is -4.56. The molecule has 0 unspecified atom stereocenters. The van der Waals surface area contributed by atoms with E-state index < -0.39 is 17.6 Å². The van der Waals surface area contributed by atoms with Crippen LogP contribution in [0.1, 0.15) is 27.8 Å². The van der Waals surface area contributed by atoms with E-state index in [4.69, 9.17) is 4.74 Å². The first-order valence-corrected chi connectivity index (χ1v) is 9.10. The van der Waals surface area contributed by atoms with Gasteiger partial charge < -0.3 is 10.1 Å². The molecule has 0 aromatic heterocycles. The summed E-state index contributed by atoms with van der Waals surface area (Å²) in [7, 11) is 0. The summed E-state index contributed by atoms with van der Waals surface area (Å²) in [5, 5.41) is 3.02. The summed E-state index contributed by atoms with van der Waals surface area (Å²) in [4.78, 5) is 0. The molecule has 3 aromatic carbocycles. The average molecular weight is 403 g/mol. The topological polar surface area (TPSA) is 21.3 Å². The highest BCUT2D eigenvalue weighted by Gasteiger charge is 2.31. The predicted octanol–water partition coefficient (Wildman–Crippen LogP) is 6.65. The van der Waals surface area contributed by atoms with Crippen LogP contribution in [0.4, 0.5) is 23.2 Å². The lowest BCUT2D eigenvalue weighted by Crippen LogP contribution is -2.08. The third-order valence-electron chi connectivity index (χ3n) is 4.38. The standard InChI is InChI=1S/C23H21F4NO/c1-15-8-16(2)10-17(9-15)14-29-21-5-3-4-20(12-21)28-13-18-6-7-19(11-22(18)24)23(25,26)27/h3-12,28H,13-14H2,1-2H3. The van der Waals surface area contributed by atoms with Crippen LogP contribution in [0, 0.1) is 19.7 Å². The van der Waals surface area contributed by atoms with Gasteiger partial charge in [-0.15, -0.1) is 0 Å². The van der Waals surface area contributed by atoms with Gasteiger partial charge in [0.05, 0.1) is 5.56 Å². The van der Waals surface area contributed by atoms with Gasteiger partial charge in [-0.2, -0.15) is 13.2 Å². The Kier molecular flexibility index (Phi) is 6.11. The zero-order chi connectivity index (χ0) is 21.0. The largest absolute Gasteiger partial charge is 0.489 e. The molecule has 0 fully saturated rings. The van der Waals surface area contributed by atoms with Gasteiger partial charge in [-0.25, -0.2) is 4.39 Å². The van der Waals surface area contributed by atoms with Crippen molar-refractivity contribution in [3.05, 3.63) is 94.3 Å². The summed E-state index contributed by atoms with van der Waals surface area (Å²) < 4.78 is 57.7. The van der Waals surface area contributed by atoms with Crippen LogP contribution in [-0.4, -0.2) is 0 Å². The molecule has 3 rings (SSSR count). The maximum Gasteiger partial charge on any atom is 0.416 e. The Morgan fingerprint density at radius 1 is 0.897 bits per heavy atom. The molecule has 0 bridgehead atoms. The first kappa shape index (κ1) is 20.7. The molecule has 0 spiro atoms. The molecular weight excluding hydrogens is 382 g/mol. The van der Waals surface area contributed by atoms with Gasteiger partial charge in [-0.05, 0) is 43.7 Å². The number of alkyl halides is 3. The van der Waals surface area contributed by atoms with E-state index in [2.05, 4.69) is 23.5 Å². The van der Waals surface area contributed by atoms with Crippen LogP contribution in [0.15, 0.2) is 60.7 Å². The van der Waals surface area contributed by atoms with Crippen LogP contribution in [0.3, 0.4) is 0 Å². The van der Waals surface area contributed by atoms with E-state index in [-0.39, 0.29) is 12.1 Å². The molecule has 0 radical (unpaired) electrons. The van der Waals surface area contributed by atoms with Crippen molar-refractivity contribution in [3.8, 4) is 5.75 Å². The average Bonchev–Trinajstić information content (AvgIpc) is 2.64. The van der Waals surface area contributed by atoms with Gasteiger partial charge in [-0.1, -0.05) is 41.5 Å². The highest BCUT2D eigenvalue weighted by atomic mass is 19.4. The lowest BCUT2D eigenvalue weighted by Gasteiger charge is -2.12. The molecule has 0 aliphatic rings. The number of hydrogen-bond donors (Lipinski definition) is 1. The van der Waals surface area contributed by atoms with Gasteiger partial charge in [0.1, 0.15) is 18.2 Å². The van der Waals surface area contributed by atoms with Crippen molar-refractivity contribution in [3.63, 3.8) is 0 Å². The molecule has 152 valence electrons. The summed E-state index contributed by atoms with van der Waals surface area (Å²) in [6, 6.07) is 15.9. The molecule has 0 amide bonds. The fraction of sp³-hybridized carbons (Fsp3) is 0.217.